The Morgan fingerprint density at radius 1 is 1.28 bits per heavy atom. The first-order valence-electron chi connectivity index (χ1n) is 5.91. The fraction of sp³-hybridized carbons (Fsp3) is 0.667. The van der Waals surface area contributed by atoms with Crippen molar-refractivity contribution in [1.29, 1.82) is 0 Å². The fourth-order valence-electron chi connectivity index (χ4n) is 2.41. The van der Waals surface area contributed by atoms with E-state index in [2.05, 4.69) is 28.7 Å². The molecule has 0 bridgehead atoms. The van der Waals surface area contributed by atoms with E-state index in [1.54, 1.807) is 6.20 Å². The van der Waals surface area contributed by atoms with Gasteiger partial charge in [0.25, 0.3) is 0 Å². The lowest BCUT2D eigenvalue weighted by Gasteiger charge is -2.38. The molecule has 0 aromatic carbocycles. The average molecular weight is 313 g/mol. The van der Waals surface area contributed by atoms with Gasteiger partial charge in [0, 0.05) is 6.04 Å². The van der Waals surface area contributed by atoms with Crippen molar-refractivity contribution < 1.29 is 0 Å². The van der Waals surface area contributed by atoms with Crippen LogP contribution in [0.15, 0.2) is 12.4 Å². The Kier molecular flexibility index (Phi) is 8.11. The van der Waals surface area contributed by atoms with Gasteiger partial charge in [0.1, 0.15) is 5.15 Å². The van der Waals surface area contributed by atoms with E-state index in [4.69, 9.17) is 11.6 Å². The molecule has 1 atom stereocenters. The number of rotatable bonds is 2. The van der Waals surface area contributed by atoms with E-state index in [9.17, 15) is 0 Å². The van der Waals surface area contributed by atoms with E-state index in [1.807, 2.05) is 6.20 Å². The van der Waals surface area contributed by atoms with Crippen molar-refractivity contribution >= 4 is 36.4 Å². The summed E-state index contributed by atoms with van der Waals surface area (Å²) in [5.41, 5.74) is 1.01. The Bertz CT molecular complexity index is 360. The first-order valence-corrected chi connectivity index (χ1v) is 6.29. The lowest BCUT2D eigenvalue weighted by atomic mass is 9.98. The van der Waals surface area contributed by atoms with Crippen molar-refractivity contribution in [3.05, 3.63) is 23.2 Å². The summed E-state index contributed by atoms with van der Waals surface area (Å²) in [6, 6.07) is 0.936. The Hall–Kier alpha value is -0.0900. The molecule has 0 N–H and O–H groups in total. The Morgan fingerprint density at radius 3 is 2.61 bits per heavy atom. The molecule has 1 fully saturated rings. The molecule has 0 saturated carbocycles. The molecule has 1 aromatic heterocycles. The lowest BCUT2D eigenvalue weighted by Crippen LogP contribution is -2.38. The molecule has 2 rings (SSSR count). The maximum absolute atomic E-state index is 5.90. The second-order valence-corrected chi connectivity index (χ2v) is 5.00. The van der Waals surface area contributed by atoms with Crippen LogP contribution >= 0.6 is 36.4 Å². The highest BCUT2D eigenvalue weighted by atomic mass is 35.5. The average Bonchev–Trinajstić information content (AvgIpc) is 2.29. The normalized spacial score (nSPS) is 20.1. The monoisotopic (exact) mass is 311 g/mol. The van der Waals surface area contributed by atoms with Crippen LogP contribution in [0.4, 0.5) is 0 Å². The summed E-state index contributed by atoms with van der Waals surface area (Å²) >= 11 is 5.90. The molecule has 18 heavy (non-hydrogen) atoms. The van der Waals surface area contributed by atoms with E-state index in [0.29, 0.717) is 17.2 Å². The molecule has 3 nitrogen and oxygen atoms in total. The largest absolute Gasteiger partial charge is 0.292 e. The fourth-order valence-corrected chi connectivity index (χ4v) is 2.56. The van der Waals surface area contributed by atoms with Crippen LogP contribution in [0.5, 0.6) is 0 Å². The van der Waals surface area contributed by atoms with Crippen LogP contribution in [0.3, 0.4) is 0 Å². The number of aromatic nitrogens is 2. The molecule has 1 aliphatic heterocycles. The topological polar surface area (TPSA) is 29.0 Å². The Morgan fingerprint density at radius 2 is 2.00 bits per heavy atom. The highest BCUT2D eigenvalue weighted by Gasteiger charge is 2.27. The van der Waals surface area contributed by atoms with E-state index in [0.717, 1.165) is 18.7 Å². The number of halogens is 3. The minimum atomic E-state index is 0. The summed E-state index contributed by atoms with van der Waals surface area (Å²) < 4.78 is 0. The summed E-state index contributed by atoms with van der Waals surface area (Å²) in [6.45, 7) is 5.61. The molecule has 2 heterocycles. The second-order valence-electron chi connectivity index (χ2n) is 4.61. The van der Waals surface area contributed by atoms with Crippen LogP contribution in [0.25, 0.3) is 0 Å². The number of piperidine rings is 1. The zero-order chi connectivity index (χ0) is 11.5. The number of likely N-dealkylation sites (tertiary alicyclic amines) is 1. The molecular weight excluding hydrogens is 293 g/mol. The molecule has 6 heteroatoms. The zero-order valence-electron chi connectivity index (χ0n) is 10.7. The first-order chi connectivity index (χ1) is 7.68. The summed E-state index contributed by atoms with van der Waals surface area (Å²) in [5.74, 6) is 0. The summed E-state index contributed by atoms with van der Waals surface area (Å²) in [5, 5.41) is 0.492. The number of nitrogens with zero attached hydrogens (tertiary/aromatic N) is 3. The van der Waals surface area contributed by atoms with Gasteiger partial charge in [0.15, 0.2) is 0 Å². The third kappa shape index (κ3) is 4.23. The smallest absolute Gasteiger partial charge is 0.147 e. The van der Waals surface area contributed by atoms with Crippen LogP contribution in [0, 0.1) is 0 Å². The van der Waals surface area contributed by atoms with Gasteiger partial charge in [-0.3, -0.25) is 9.88 Å². The Labute approximate surface area is 126 Å². The van der Waals surface area contributed by atoms with Crippen molar-refractivity contribution in [3.8, 4) is 0 Å². The molecular formula is C12H20Cl3N3. The van der Waals surface area contributed by atoms with E-state index in [-0.39, 0.29) is 24.8 Å². The van der Waals surface area contributed by atoms with E-state index >= 15 is 0 Å². The SMILES string of the molecule is CC(C)N1CCCCC1c1cncc(Cl)n1.Cl.Cl. The van der Waals surface area contributed by atoms with Gasteiger partial charge < -0.3 is 0 Å². The highest BCUT2D eigenvalue weighted by molar-refractivity contribution is 6.29. The van der Waals surface area contributed by atoms with Gasteiger partial charge in [-0.1, -0.05) is 18.0 Å². The molecule has 0 spiro atoms. The molecule has 1 saturated heterocycles. The molecule has 0 amide bonds. The third-order valence-electron chi connectivity index (χ3n) is 3.17. The molecule has 0 radical (unpaired) electrons. The van der Waals surface area contributed by atoms with Gasteiger partial charge in [0.05, 0.1) is 24.1 Å². The first kappa shape index (κ1) is 17.9. The van der Waals surface area contributed by atoms with E-state index < -0.39 is 0 Å². The number of hydrogen-bond donors (Lipinski definition) is 0. The van der Waals surface area contributed by atoms with Gasteiger partial charge in [0.2, 0.25) is 0 Å². The maximum Gasteiger partial charge on any atom is 0.147 e. The van der Waals surface area contributed by atoms with Gasteiger partial charge in [-0.2, -0.15) is 0 Å². The zero-order valence-corrected chi connectivity index (χ0v) is 13.1. The van der Waals surface area contributed by atoms with Crippen LogP contribution in [0.2, 0.25) is 5.15 Å². The van der Waals surface area contributed by atoms with Gasteiger partial charge >= 0.3 is 0 Å². The minimum Gasteiger partial charge on any atom is -0.292 e. The highest BCUT2D eigenvalue weighted by Crippen LogP contribution is 2.31. The quantitative estimate of drug-likeness (QED) is 0.829. The van der Waals surface area contributed by atoms with Crippen molar-refractivity contribution in [1.82, 2.24) is 14.9 Å². The van der Waals surface area contributed by atoms with Gasteiger partial charge in [-0.15, -0.1) is 24.8 Å². The van der Waals surface area contributed by atoms with Crippen LogP contribution in [0.1, 0.15) is 44.8 Å². The van der Waals surface area contributed by atoms with Crippen LogP contribution < -0.4 is 0 Å². The van der Waals surface area contributed by atoms with Crippen molar-refractivity contribution in [2.45, 2.75) is 45.2 Å². The summed E-state index contributed by atoms with van der Waals surface area (Å²) in [6.07, 6.45) is 7.14. The molecule has 0 aliphatic carbocycles. The third-order valence-corrected chi connectivity index (χ3v) is 3.35. The second kappa shape index (κ2) is 8.16. The summed E-state index contributed by atoms with van der Waals surface area (Å²) in [7, 11) is 0. The molecule has 104 valence electrons. The maximum atomic E-state index is 5.90. The minimum absolute atomic E-state index is 0. The number of hydrogen-bond acceptors (Lipinski definition) is 3. The van der Waals surface area contributed by atoms with Crippen LogP contribution in [-0.4, -0.2) is 27.5 Å². The van der Waals surface area contributed by atoms with Crippen molar-refractivity contribution in [2.75, 3.05) is 6.54 Å². The molecule has 1 unspecified atom stereocenters. The van der Waals surface area contributed by atoms with Gasteiger partial charge in [-0.25, -0.2) is 4.98 Å². The lowest BCUT2D eigenvalue weighted by molar-refractivity contribution is 0.109. The predicted octanol–water partition coefficient (Wildman–Crippen LogP) is 3.91. The Balaban J connectivity index is 0.00000144. The van der Waals surface area contributed by atoms with Crippen molar-refractivity contribution in [3.63, 3.8) is 0 Å². The van der Waals surface area contributed by atoms with Gasteiger partial charge in [-0.05, 0) is 33.2 Å². The molecule has 1 aliphatic rings. The van der Waals surface area contributed by atoms with Crippen LogP contribution in [-0.2, 0) is 0 Å². The standard InChI is InChI=1S/C12H18ClN3.2ClH/c1-9(2)16-6-4-3-5-11(16)10-7-14-8-12(13)15-10;;/h7-9,11H,3-6H2,1-2H3;2*1H. The summed E-state index contributed by atoms with van der Waals surface area (Å²) in [4.78, 5) is 11.0. The molecule has 1 aromatic rings. The predicted molar refractivity (Wildman–Crippen MR) is 80.0 cm³/mol. The van der Waals surface area contributed by atoms with E-state index in [1.165, 1.54) is 12.8 Å². The van der Waals surface area contributed by atoms with Crippen molar-refractivity contribution in [2.24, 2.45) is 0 Å².